The average Bonchev–Trinajstić information content (AvgIpc) is 2.97. The molecule has 222 valence electrons. The molecule has 10 nitrogen and oxygen atoms in total. The van der Waals surface area contributed by atoms with Crippen LogP contribution in [-0.4, -0.2) is 47.0 Å². The maximum atomic E-state index is 14.2. The third kappa shape index (κ3) is 5.56. The van der Waals surface area contributed by atoms with E-state index < -0.39 is 14.9 Å². The summed E-state index contributed by atoms with van der Waals surface area (Å²) in [6.07, 6.45) is 5.96. The molecule has 0 spiro atoms. The number of nitro groups is 1. The largest absolute Gasteiger partial charge is 0.496 e. The van der Waals surface area contributed by atoms with Gasteiger partial charge in [0.05, 0.1) is 48.9 Å². The van der Waals surface area contributed by atoms with Crippen molar-refractivity contribution in [3.05, 3.63) is 80.9 Å². The van der Waals surface area contributed by atoms with Gasteiger partial charge in [0.25, 0.3) is 15.7 Å². The van der Waals surface area contributed by atoms with Crippen LogP contribution >= 0.6 is 0 Å². The van der Waals surface area contributed by atoms with Gasteiger partial charge in [-0.15, -0.1) is 0 Å². The number of hydrogen-bond acceptors (Lipinski definition) is 8. The highest BCUT2D eigenvalue weighted by molar-refractivity contribution is 7.92. The normalized spacial score (nSPS) is 17.2. The number of sulfonamides is 1. The van der Waals surface area contributed by atoms with Crippen molar-refractivity contribution < 1.29 is 32.3 Å². The highest BCUT2D eigenvalue weighted by Gasteiger charge is 2.32. The van der Waals surface area contributed by atoms with Crippen LogP contribution in [0.2, 0.25) is 0 Å². The van der Waals surface area contributed by atoms with Crippen molar-refractivity contribution >= 4 is 38.0 Å². The number of hydrogen-bond donors (Lipinski definition) is 0. The number of allylic oxidation sites excluding steroid dienone is 3. The first-order valence-corrected chi connectivity index (χ1v) is 14.8. The van der Waals surface area contributed by atoms with Gasteiger partial charge in [0.2, 0.25) is 0 Å². The second kappa shape index (κ2) is 12.2. The lowest BCUT2D eigenvalue weighted by molar-refractivity contribution is -0.384. The molecule has 5 rings (SSSR count). The van der Waals surface area contributed by atoms with Gasteiger partial charge in [0.1, 0.15) is 11.5 Å². The van der Waals surface area contributed by atoms with E-state index in [4.69, 9.17) is 14.2 Å². The minimum atomic E-state index is -4.26. The van der Waals surface area contributed by atoms with Crippen LogP contribution in [0.3, 0.4) is 0 Å². The molecule has 0 unspecified atom stereocenters. The zero-order valence-corrected chi connectivity index (χ0v) is 25.3. The number of nitrogens with zero attached hydrogens (tertiary/aromatic N) is 2. The summed E-state index contributed by atoms with van der Waals surface area (Å²) in [7, 11) is 0.118. The fraction of sp³-hybridized carbons (Fsp3) is 0.323. The van der Waals surface area contributed by atoms with E-state index in [9.17, 15) is 23.3 Å². The van der Waals surface area contributed by atoms with E-state index in [1.54, 1.807) is 26.0 Å². The molecule has 4 bridgehead atoms. The molecule has 0 saturated carbocycles. The molecule has 0 aliphatic carbocycles. The predicted octanol–water partition coefficient (Wildman–Crippen LogP) is 6.54. The first-order chi connectivity index (χ1) is 20.0. The quantitative estimate of drug-likeness (QED) is 0.179. The fourth-order valence-electron chi connectivity index (χ4n) is 5.21. The molecule has 0 amide bonds. The van der Waals surface area contributed by atoms with Crippen LogP contribution in [0.4, 0.5) is 11.4 Å². The van der Waals surface area contributed by atoms with E-state index in [2.05, 4.69) is 0 Å². The zero-order valence-electron chi connectivity index (χ0n) is 24.5. The van der Waals surface area contributed by atoms with Gasteiger partial charge in [-0.2, -0.15) is 0 Å². The van der Waals surface area contributed by atoms with Gasteiger partial charge < -0.3 is 14.2 Å². The van der Waals surface area contributed by atoms with Gasteiger partial charge >= 0.3 is 0 Å². The molecule has 2 aliphatic rings. The highest BCUT2D eigenvalue weighted by atomic mass is 32.2. The van der Waals surface area contributed by atoms with Crippen molar-refractivity contribution in [3.63, 3.8) is 0 Å². The van der Waals surface area contributed by atoms with Crippen LogP contribution in [0.1, 0.15) is 49.0 Å². The SMILES string of the molecule is COc1c(C)cc2c(OC)c3cc(OC)c2c1C(=O)/C(C)=C/CCC/C=C(\C)CN3S(=O)(=O)c1ccc([N+](=O)[O-])cc1. The lowest BCUT2D eigenvalue weighted by Crippen LogP contribution is -2.33. The van der Waals surface area contributed by atoms with Crippen molar-refractivity contribution in [2.45, 2.75) is 44.9 Å². The number of fused-ring (bicyclic) bond motifs is 8. The van der Waals surface area contributed by atoms with Gasteiger partial charge in [0, 0.05) is 29.0 Å². The number of methoxy groups -OCH3 is 3. The van der Waals surface area contributed by atoms with E-state index in [1.807, 2.05) is 19.1 Å². The van der Waals surface area contributed by atoms with Crippen molar-refractivity contribution in [3.8, 4) is 17.2 Å². The van der Waals surface area contributed by atoms with Crippen molar-refractivity contribution in [1.29, 1.82) is 0 Å². The Hall–Kier alpha value is -4.38. The number of benzene rings is 3. The average molecular weight is 595 g/mol. The molecular formula is C31H34N2O8S. The maximum absolute atomic E-state index is 14.2. The molecule has 0 N–H and O–H groups in total. The van der Waals surface area contributed by atoms with Crippen LogP contribution < -0.4 is 18.5 Å². The summed E-state index contributed by atoms with van der Waals surface area (Å²) >= 11 is 0. The molecule has 11 heteroatoms. The van der Waals surface area contributed by atoms with Crippen molar-refractivity contribution in [2.24, 2.45) is 0 Å². The number of Topliss-reactive ketones (excluding diaryl/α,β-unsaturated/α-hetero) is 1. The van der Waals surface area contributed by atoms with E-state index in [1.165, 1.54) is 37.8 Å². The fourth-order valence-corrected chi connectivity index (χ4v) is 6.71. The van der Waals surface area contributed by atoms with Crippen LogP contribution in [0.15, 0.2) is 64.6 Å². The van der Waals surface area contributed by atoms with Crippen LogP contribution in [0.25, 0.3) is 10.8 Å². The number of non-ortho nitro benzene ring substituents is 1. The van der Waals surface area contributed by atoms with Gasteiger partial charge in [0.15, 0.2) is 11.5 Å². The Morgan fingerprint density at radius 2 is 1.55 bits per heavy atom. The van der Waals surface area contributed by atoms with Gasteiger partial charge in [-0.3, -0.25) is 19.2 Å². The molecule has 2 heterocycles. The molecule has 0 radical (unpaired) electrons. The molecule has 3 aromatic rings. The highest BCUT2D eigenvalue weighted by Crippen LogP contribution is 2.48. The number of rotatable bonds is 6. The van der Waals surface area contributed by atoms with Gasteiger partial charge in [-0.25, -0.2) is 8.42 Å². The summed E-state index contributed by atoms with van der Waals surface area (Å²) in [6, 6.07) is 8.07. The number of ketones is 1. The number of carbonyl (C=O) groups excluding carboxylic acids is 1. The lowest BCUT2D eigenvalue weighted by Gasteiger charge is -2.28. The smallest absolute Gasteiger partial charge is 0.269 e. The van der Waals surface area contributed by atoms with Crippen LogP contribution in [0, 0.1) is 17.0 Å². The van der Waals surface area contributed by atoms with E-state index in [-0.39, 0.29) is 40.1 Å². The number of carbonyl (C=O) groups is 1. The second-order valence-corrected chi connectivity index (χ2v) is 12.0. The van der Waals surface area contributed by atoms with Crippen molar-refractivity contribution in [2.75, 3.05) is 32.2 Å². The summed E-state index contributed by atoms with van der Waals surface area (Å²) < 4.78 is 47.1. The summed E-state index contributed by atoms with van der Waals surface area (Å²) in [5, 5.41) is 12.1. The monoisotopic (exact) mass is 594 g/mol. The minimum Gasteiger partial charge on any atom is -0.496 e. The van der Waals surface area contributed by atoms with E-state index in [0.717, 1.165) is 24.1 Å². The Bertz CT molecular complexity index is 1720. The Balaban J connectivity index is 2.13. The Kier molecular flexibility index (Phi) is 8.91. The lowest BCUT2D eigenvalue weighted by atomic mass is 9.92. The van der Waals surface area contributed by atoms with Crippen LogP contribution in [-0.2, 0) is 10.0 Å². The van der Waals surface area contributed by atoms with Crippen molar-refractivity contribution in [1.82, 2.24) is 0 Å². The molecule has 2 aliphatic heterocycles. The topological polar surface area (TPSA) is 125 Å². The molecule has 42 heavy (non-hydrogen) atoms. The molecule has 3 aromatic carbocycles. The Morgan fingerprint density at radius 1 is 0.905 bits per heavy atom. The van der Waals surface area contributed by atoms with E-state index >= 15 is 0 Å². The molecule has 0 fully saturated rings. The molecule has 0 aromatic heterocycles. The Morgan fingerprint density at radius 3 is 2.14 bits per heavy atom. The maximum Gasteiger partial charge on any atom is 0.269 e. The summed E-state index contributed by atoms with van der Waals surface area (Å²) in [6.45, 7) is 5.41. The second-order valence-electron chi connectivity index (χ2n) is 10.1. The summed E-state index contributed by atoms with van der Waals surface area (Å²) in [5.41, 5.74) is 2.28. The molecular weight excluding hydrogens is 560 g/mol. The van der Waals surface area contributed by atoms with Crippen LogP contribution in [0.5, 0.6) is 17.2 Å². The third-order valence-electron chi connectivity index (χ3n) is 7.32. The number of ether oxygens (including phenoxy) is 3. The first-order valence-electron chi connectivity index (χ1n) is 13.4. The van der Waals surface area contributed by atoms with E-state index in [0.29, 0.717) is 46.1 Å². The Labute approximate surface area is 245 Å². The number of aryl methyl sites for hydroxylation is 1. The minimum absolute atomic E-state index is 0.0138. The van der Waals surface area contributed by atoms with Gasteiger partial charge in [-0.05, 0) is 69.4 Å². The molecule has 0 saturated heterocycles. The molecule has 0 atom stereocenters. The summed E-state index contributed by atoms with van der Waals surface area (Å²) in [4.78, 5) is 24.4. The number of nitro benzene ring substituents is 1. The standard InChI is InChI=1S/C31H34N2O8S/c1-19-10-8-7-9-11-20(2)29(34)28-27-24(16-21(3)30(28)40-5)31(41-6)25(17-26(27)39-4)32(18-19)42(37,38)23-14-12-22(13-15-23)33(35)36/h10-17H,7-9,18H2,1-6H3/b19-10+,20-11+. The number of anilines is 1. The zero-order chi connectivity index (χ0) is 30.8. The third-order valence-corrected chi connectivity index (χ3v) is 9.09. The summed E-state index contributed by atoms with van der Waals surface area (Å²) in [5.74, 6) is 0.646. The van der Waals surface area contributed by atoms with Gasteiger partial charge in [-0.1, -0.05) is 17.7 Å². The first kappa shape index (κ1) is 30.6. The predicted molar refractivity (Wildman–Crippen MR) is 162 cm³/mol.